The zero-order valence-electron chi connectivity index (χ0n) is 17.6. The van der Waals surface area contributed by atoms with Crippen LogP contribution in [0.1, 0.15) is 31.4 Å². The van der Waals surface area contributed by atoms with Gasteiger partial charge in [-0.3, -0.25) is 4.79 Å². The Balaban J connectivity index is 1.44. The lowest BCUT2D eigenvalue weighted by Gasteiger charge is -2.28. The van der Waals surface area contributed by atoms with Crippen LogP contribution in [-0.2, 0) is 0 Å². The molecule has 1 aliphatic heterocycles. The van der Waals surface area contributed by atoms with Crippen LogP contribution in [-0.4, -0.2) is 46.2 Å². The highest BCUT2D eigenvalue weighted by Crippen LogP contribution is 2.23. The molecule has 4 rings (SSSR count). The van der Waals surface area contributed by atoms with Crippen molar-refractivity contribution in [2.45, 2.75) is 25.8 Å². The summed E-state index contributed by atoms with van der Waals surface area (Å²) in [5.74, 6) is 1.95. The maximum atomic E-state index is 12.1. The summed E-state index contributed by atoms with van der Waals surface area (Å²) in [6.45, 7) is 5.00. The van der Waals surface area contributed by atoms with E-state index in [2.05, 4.69) is 21.9 Å². The average molecular weight is 405 g/mol. The molecule has 0 amide bonds. The Kier molecular flexibility index (Phi) is 6.23. The fourth-order valence-electron chi connectivity index (χ4n) is 3.84. The van der Waals surface area contributed by atoms with Crippen molar-refractivity contribution in [2.75, 3.05) is 26.7 Å². The smallest absolute Gasteiger partial charge is 0.251 e. The summed E-state index contributed by atoms with van der Waals surface area (Å²) in [6, 6.07) is 13.2. The second-order valence-electron chi connectivity index (χ2n) is 8.05. The maximum absolute atomic E-state index is 12.1. The van der Waals surface area contributed by atoms with Crippen molar-refractivity contribution in [1.29, 1.82) is 0 Å². The molecule has 6 heteroatoms. The van der Waals surface area contributed by atoms with Gasteiger partial charge in [0.15, 0.2) is 11.6 Å². The highest BCUT2D eigenvalue weighted by atomic mass is 16.5. The number of pyridine rings is 1. The van der Waals surface area contributed by atoms with Crippen molar-refractivity contribution in [3.05, 3.63) is 77.0 Å². The van der Waals surface area contributed by atoms with E-state index < -0.39 is 0 Å². The zero-order chi connectivity index (χ0) is 20.9. The van der Waals surface area contributed by atoms with Gasteiger partial charge in [0, 0.05) is 17.8 Å². The number of nitrogens with zero attached hydrogens (tertiary/aromatic N) is 4. The number of aromatic nitrogens is 3. The molecule has 1 aromatic carbocycles. The zero-order valence-corrected chi connectivity index (χ0v) is 17.6. The molecular weight excluding hydrogens is 376 g/mol. The van der Waals surface area contributed by atoms with Crippen LogP contribution < -0.4 is 10.3 Å². The van der Waals surface area contributed by atoms with Gasteiger partial charge in [-0.15, -0.1) is 0 Å². The summed E-state index contributed by atoms with van der Waals surface area (Å²) in [5, 5.41) is 0. The third-order valence-corrected chi connectivity index (χ3v) is 5.85. The van der Waals surface area contributed by atoms with Gasteiger partial charge in [-0.1, -0.05) is 24.3 Å². The molecule has 6 nitrogen and oxygen atoms in total. The predicted octanol–water partition coefficient (Wildman–Crippen LogP) is 3.64. The van der Waals surface area contributed by atoms with Crippen LogP contribution in [0.2, 0.25) is 0 Å². The third kappa shape index (κ3) is 4.76. The highest BCUT2D eigenvalue weighted by Gasteiger charge is 2.17. The van der Waals surface area contributed by atoms with Gasteiger partial charge in [-0.2, -0.15) is 0 Å². The van der Waals surface area contributed by atoms with Crippen molar-refractivity contribution in [3.8, 4) is 17.1 Å². The Bertz CT molecular complexity index is 1020. The Hall–Kier alpha value is -2.99. The molecule has 0 aliphatic carbocycles. The van der Waals surface area contributed by atoms with Crippen LogP contribution in [0, 0.1) is 5.92 Å². The van der Waals surface area contributed by atoms with Crippen LogP contribution in [0.3, 0.4) is 0 Å². The summed E-state index contributed by atoms with van der Waals surface area (Å²) in [5.41, 5.74) is 1.94. The largest absolute Gasteiger partial charge is 0.490 e. The lowest BCUT2D eigenvalue weighted by atomic mass is 9.98. The molecule has 0 bridgehead atoms. The van der Waals surface area contributed by atoms with E-state index in [9.17, 15) is 4.79 Å². The van der Waals surface area contributed by atoms with E-state index in [1.165, 1.54) is 12.8 Å². The molecule has 0 saturated carbocycles. The molecular formula is C24H28N4O2. The molecule has 0 spiro atoms. The number of piperidine rings is 1. The molecule has 1 unspecified atom stereocenters. The SMILES string of the molecule is CC(c1cccc(-c2ncc(OCC3CCN(C)CC3)cn2)c1)n1ccccc1=O. The van der Waals surface area contributed by atoms with Crippen molar-refractivity contribution in [2.24, 2.45) is 5.92 Å². The Morgan fingerprint density at radius 2 is 1.87 bits per heavy atom. The molecule has 1 aliphatic rings. The molecule has 1 saturated heterocycles. The molecule has 156 valence electrons. The van der Waals surface area contributed by atoms with Gasteiger partial charge in [0.2, 0.25) is 0 Å². The molecule has 1 atom stereocenters. The van der Waals surface area contributed by atoms with E-state index in [4.69, 9.17) is 4.74 Å². The molecule has 2 aromatic heterocycles. The Morgan fingerprint density at radius 1 is 1.10 bits per heavy atom. The summed E-state index contributed by atoms with van der Waals surface area (Å²) < 4.78 is 7.65. The van der Waals surface area contributed by atoms with Gasteiger partial charge in [0.1, 0.15) is 0 Å². The lowest BCUT2D eigenvalue weighted by molar-refractivity contribution is 0.159. The summed E-state index contributed by atoms with van der Waals surface area (Å²) >= 11 is 0. The Labute approximate surface area is 177 Å². The van der Waals surface area contributed by atoms with Gasteiger partial charge in [-0.25, -0.2) is 9.97 Å². The first kappa shape index (κ1) is 20.3. The number of benzene rings is 1. The number of likely N-dealkylation sites (tertiary alicyclic amines) is 1. The van der Waals surface area contributed by atoms with E-state index in [1.807, 2.05) is 43.5 Å². The van der Waals surface area contributed by atoms with Gasteiger partial charge >= 0.3 is 0 Å². The Morgan fingerprint density at radius 3 is 2.60 bits per heavy atom. The number of hydrogen-bond acceptors (Lipinski definition) is 5. The van der Waals surface area contributed by atoms with Gasteiger partial charge in [-0.05, 0) is 63.5 Å². The average Bonchev–Trinajstić information content (AvgIpc) is 2.79. The van der Waals surface area contributed by atoms with Crippen LogP contribution in [0.5, 0.6) is 5.75 Å². The van der Waals surface area contributed by atoms with Crippen LogP contribution >= 0.6 is 0 Å². The van der Waals surface area contributed by atoms with E-state index in [-0.39, 0.29) is 11.6 Å². The molecule has 3 heterocycles. The van der Waals surface area contributed by atoms with Gasteiger partial charge in [0.25, 0.3) is 5.56 Å². The monoisotopic (exact) mass is 404 g/mol. The normalized spacial score (nSPS) is 16.3. The predicted molar refractivity (Wildman–Crippen MR) is 118 cm³/mol. The minimum absolute atomic E-state index is 0.0160. The van der Waals surface area contributed by atoms with Crippen molar-refractivity contribution in [3.63, 3.8) is 0 Å². The standard InChI is InChI=1S/C24H28N4O2/c1-18(28-11-4-3-8-23(28)29)20-6-5-7-21(14-20)24-25-15-22(16-26-24)30-17-19-9-12-27(2)13-10-19/h3-8,11,14-16,18-19H,9-10,12-13,17H2,1-2H3. The van der Waals surface area contributed by atoms with E-state index in [0.717, 1.165) is 30.8 Å². The first-order valence-corrected chi connectivity index (χ1v) is 10.5. The van der Waals surface area contributed by atoms with Crippen molar-refractivity contribution < 1.29 is 4.74 Å². The van der Waals surface area contributed by atoms with Crippen LogP contribution in [0.15, 0.2) is 65.8 Å². The highest BCUT2D eigenvalue weighted by molar-refractivity contribution is 5.56. The molecule has 30 heavy (non-hydrogen) atoms. The number of hydrogen-bond donors (Lipinski definition) is 0. The molecule has 1 fully saturated rings. The number of ether oxygens (including phenoxy) is 1. The van der Waals surface area contributed by atoms with Crippen molar-refractivity contribution >= 4 is 0 Å². The second-order valence-corrected chi connectivity index (χ2v) is 8.05. The topological polar surface area (TPSA) is 60.2 Å². The fourth-order valence-corrected chi connectivity index (χ4v) is 3.84. The van der Waals surface area contributed by atoms with Crippen LogP contribution in [0.25, 0.3) is 11.4 Å². The molecule has 0 radical (unpaired) electrons. The quantitative estimate of drug-likeness (QED) is 0.628. The van der Waals surface area contributed by atoms with Gasteiger partial charge in [0.05, 0.1) is 25.0 Å². The lowest BCUT2D eigenvalue weighted by Crippen LogP contribution is -2.32. The van der Waals surface area contributed by atoms with Gasteiger partial charge < -0.3 is 14.2 Å². The molecule has 0 N–H and O–H groups in total. The van der Waals surface area contributed by atoms with E-state index >= 15 is 0 Å². The first-order chi connectivity index (χ1) is 14.6. The van der Waals surface area contributed by atoms with Crippen molar-refractivity contribution in [1.82, 2.24) is 19.4 Å². The number of rotatable bonds is 6. The third-order valence-electron chi connectivity index (χ3n) is 5.85. The minimum Gasteiger partial charge on any atom is -0.490 e. The maximum Gasteiger partial charge on any atom is 0.251 e. The first-order valence-electron chi connectivity index (χ1n) is 10.5. The van der Waals surface area contributed by atoms with Crippen LogP contribution in [0.4, 0.5) is 0 Å². The minimum atomic E-state index is -0.0733. The fraction of sp³-hybridized carbons (Fsp3) is 0.375. The second kappa shape index (κ2) is 9.22. The van der Waals surface area contributed by atoms with E-state index in [1.54, 1.807) is 29.1 Å². The molecule has 3 aromatic rings. The van der Waals surface area contributed by atoms with E-state index in [0.29, 0.717) is 17.5 Å². The summed E-state index contributed by atoms with van der Waals surface area (Å²) in [6.07, 6.45) is 7.65. The summed E-state index contributed by atoms with van der Waals surface area (Å²) in [4.78, 5) is 23.5. The summed E-state index contributed by atoms with van der Waals surface area (Å²) in [7, 11) is 2.16.